The van der Waals surface area contributed by atoms with Crippen LogP contribution in [0, 0.1) is 18.3 Å². The number of imidazole rings is 1. The number of hydrogen-bond donors (Lipinski definition) is 1. The molecule has 1 aliphatic carbocycles. The first-order chi connectivity index (χ1) is 16.0. The van der Waals surface area contributed by atoms with E-state index in [0.29, 0.717) is 49.1 Å². The number of pyridine rings is 1. The van der Waals surface area contributed by atoms with Crippen molar-refractivity contribution < 1.29 is 4.74 Å². The third-order valence-electron chi connectivity index (χ3n) is 6.64. The molecule has 33 heavy (non-hydrogen) atoms. The fourth-order valence-corrected chi connectivity index (χ4v) is 4.46. The van der Waals surface area contributed by atoms with Crippen molar-refractivity contribution in [3.8, 4) is 6.07 Å². The van der Waals surface area contributed by atoms with Crippen LogP contribution < -0.4 is 11.0 Å². The standard InChI is InChI=1S/C22H23N9O2/c1-13-9-17-26-18(14-3-4-14)28-30(17)11-15(13)25-20-24-10-16-19(27-20)31(21(32)29(16)2)22(12-23)5-7-33-8-6-22/h9-11,14H,3-8H2,1-2H3,(H,24,25,27). The Morgan fingerprint density at radius 1 is 1.27 bits per heavy atom. The summed E-state index contributed by atoms with van der Waals surface area (Å²) >= 11 is 0. The van der Waals surface area contributed by atoms with Crippen LogP contribution in [0.2, 0.25) is 0 Å². The second kappa shape index (κ2) is 7.11. The molecular weight excluding hydrogens is 422 g/mol. The highest BCUT2D eigenvalue weighted by molar-refractivity contribution is 5.74. The molecule has 6 rings (SSSR count). The van der Waals surface area contributed by atoms with Gasteiger partial charge in [0.1, 0.15) is 11.1 Å². The Kier molecular flexibility index (Phi) is 4.28. The van der Waals surface area contributed by atoms with E-state index in [-0.39, 0.29) is 5.69 Å². The molecule has 5 heterocycles. The minimum atomic E-state index is -0.991. The molecule has 0 radical (unpaired) electrons. The lowest BCUT2D eigenvalue weighted by molar-refractivity contribution is 0.0448. The average molecular weight is 445 g/mol. The molecule has 4 aromatic heterocycles. The van der Waals surface area contributed by atoms with Crippen LogP contribution in [0.3, 0.4) is 0 Å². The average Bonchev–Trinajstić information content (AvgIpc) is 3.55. The van der Waals surface area contributed by atoms with Gasteiger partial charge in [-0.25, -0.2) is 19.3 Å². The lowest BCUT2D eigenvalue weighted by Crippen LogP contribution is -2.44. The summed E-state index contributed by atoms with van der Waals surface area (Å²) in [6, 6.07) is 4.34. The largest absolute Gasteiger partial charge is 0.381 e. The maximum absolute atomic E-state index is 13.1. The second-order valence-corrected chi connectivity index (χ2v) is 8.88. The second-order valence-electron chi connectivity index (χ2n) is 8.88. The summed E-state index contributed by atoms with van der Waals surface area (Å²) in [6.45, 7) is 2.83. The monoisotopic (exact) mass is 445 g/mol. The van der Waals surface area contributed by atoms with E-state index in [9.17, 15) is 10.1 Å². The molecule has 0 spiro atoms. The van der Waals surface area contributed by atoms with E-state index in [4.69, 9.17) is 4.74 Å². The third kappa shape index (κ3) is 3.09. The summed E-state index contributed by atoms with van der Waals surface area (Å²) in [5.41, 5.74) is 2.30. The number of nitrogens with one attached hydrogen (secondary N) is 1. The van der Waals surface area contributed by atoms with E-state index >= 15 is 0 Å². The number of hydrogen-bond acceptors (Lipinski definition) is 8. The molecule has 168 valence electrons. The molecule has 2 fully saturated rings. The Labute approximate surface area is 188 Å². The summed E-state index contributed by atoms with van der Waals surface area (Å²) < 4.78 is 10.2. The molecule has 11 heteroatoms. The predicted molar refractivity (Wildman–Crippen MR) is 119 cm³/mol. The zero-order chi connectivity index (χ0) is 22.7. The quantitative estimate of drug-likeness (QED) is 0.506. The van der Waals surface area contributed by atoms with Gasteiger partial charge in [-0.2, -0.15) is 15.3 Å². The molecule has 1 N–H and O–H groups in total. The third-order valence-corrected chi connectivity index (χ3v) is 6.64. The number of rotatable bonds is 4. The maximum atomic E-state index is 13.1. The van der Waals surface area contributed by atoms with E-state index in [0.717, 1.165) is 35.6 Å². The van der Waals surface area contributed by atoms with Gasteiger partial charge in [0, 0.05) is 39.0 Å². The van der Waals surface area contributed by atoms with E-state index in [1.807, 2.05) is 19.2 Å². The molecule has 11 nitrogen and oxygen atoms in total. The first kappa shape index (κ1) is 19.9. The van der Waals surface area contributed by atoms with Gasteiger partial charge >= 0.3 is 5.69 Å². The number of aromatic nitrogens is 7. The topological polar surface area (TPSA) is 128 Å². The van der Waals surface area contributed by atoms with Gasteiger partial charge in [-0.15, -0.1) is 0 Å². The number of aryl methyl sites for hydroxylation is 2. The Bertz CT molecular complexity index is 1500. The summed E-state index contributed by atoms with van der Waals surface area (Å²) in [4.78, 5) is 26.8. The maximum Gasteiger partial charge on any atom is 0.331 e. The Balaban J connectivity index is 1.43. The van der Waals surface area contributed by atoms with Crippen LogP contribution in [0.25, 0.3) is 16.8 Å². The predicted octanol–water partition coefficient (Wildman–Crippen LogP) is 2.13. The van der Waals surface area contributed by atoms with E-state index in [1.54, 1.807) is 17.8 Å². The number of nitriles is 1. The summed E-state index contributed by atoms with van der Waals surface area (Å²) in [5, 5.41) is 17.9. The van der Waals surface area contributed by atoms with Crippen molar-refractivity contribution in [3.05, 3.63) is 40.3 Å². The van der Waals surface area contributed by atoms with Gasteiger partial charge in [0.15, 0.2) is 17.1 Å². The lowest BCUT2D eigenvalue weighted by Gasteiger charge is -2.31. The smallest absolute Gasteiger partial charge is 0.331 e. The molecule has 0 bridgehead atoms. The highest BCUT2D eigenvalue weighted by Crippen LogP contribution is 2.38. The van der Waals surface area contributed by atoms with Crippen LogP contribution in [0.1, 0.15) is 43.0 Å². The fourth-order valence-electron chi connectivity index (χ4n) is 4.46. The van der Waals surface area contributed by atoms with Crippen molar-refractivity contribution >= 4 is 28.4 Å². The van der Waals surface area contributed by atoms with Gasteiger partial charge in [0.25, 0.3) is 0 Å². The molecule has 1 saturated heterocycles. The van der Waals surface area contributed by atoms with Crippen LogP contribution in [-0.2, 0) is 17.3 Å². The zero-order valence-electron chi connectivity index (χ0n) is 18.4. The number of fused-ring (bicyclic) bond motifs is 2. The Hall–Kier alpha value is -3.78. The van der Waals surface area contributed by atoms with E-state index < -0.39 is 5.54 Å². The molecule has 0 aromatic carbocycles. The van der Waals surface area contributed by atoms with Crippen molar-refractivity contribution in [1.29, 1.82) is 5.26 Å². The highest BCUT2D eigenvalue weighted by atomic mass is 16.5. The molecular formula is C22H23N9O2. The molecule has 1 saturated carbocycles. The lowest BCUT2D eigenvalue weighted by atomic mass is 9.91. The van der Waals surface area contributed by atoms with Gasteiger partial charge in [-0.3, -0.25) is 9.13 Å². The van der Waals surface area contributed by atoms with E-state index in [1.165, 1.54) is 9.13 Å². The van der Waals surface area contributed by atoms with Crippen molar-refractivity contribution in [1.82, 2.24) is 33.7 Å². The van der Waals surface area contributed by atoms with Crippen LogP contribution in [0.5, 0.6) is 0 Å². The Morgan fingerprint density at radius 3 is 2.79 bits per heavy atom. The van der Waals surface area contributed by atoms with Crippen molar-refractivity contribution in [2.75, 3.05) is 18.5 Å². The first-order valence-electron chi connectivity index (χ1n) is 11.1. The fraction of sp³-hybridized carbons (Fsp3) is 0.455. The minimum Gasteiger partial charge on any atom is -0.381 e. The number of ether oxygens (including phenoxy) is 1. The molecule has 0 amide bonds. The van der Waals surface area contributed by atoms with Crippen molar-refractivity contribution in [2.24, 2.45) is 7.05 Å². The van der Waals surface area contributed by atoms with Gasteiger partial charge in [0.2, 0.25) is 5.95 Å². The van der Waals surface area contributed by atoms with Crippen molar-refractivity contribution in [2.45, 2.75) is 44.1 Å². The molecule has 2 aliphatic rings. The summed E-state index contributed by atoms with van der Waals surface area (Å²) in [6.07, 6.45) is 6.64. The summed E-state index contributed by atoms with van der Waals surface area (Å²) in [5.74, 6) is 1.70. The van der Waals surface area contributed by atoms with Crippen LogP contribution in [0.4, 0.5) is 11.6 Å². The van der Waals surface area contributed by atoms with Crippen LogP contribution in [0.15, 0.2) is 23.3 Å². The molecule has 1 aliphatic heterocycles. The Morgan fingerprint density at radius 2 is 2.06 bits per heavy atom. The van der Waals surface area contributed by atoms with Gasteiger partial charge in [-0.1, -0.05) is 0 Å². The van der Waals surface area contributed by atoms with Gasteiger partial charge < -0.3 is 10.1 Å². The van der Waals surface area contributed by atoms with Gasteiger partial charge in [0.05, 0.1) is 24.2 Å². The number of anilines is 2. The van der Waals surface area contributed by atoms with Gasteiger partial charge in [-0.05, 0) is 31.4 Å². The van der Waals surface area contributed by atoms with Crippen molar-refractivity contribution in [3.63, 3.8) is 0 Å². The minimum absolute atomic E-state index is 0.285. The van der Waals surface area contributed by atoms with Crippen LogP contribution in [-0.4, -0.2) is 46.9 Å². The first-order valence-corrected chi connectivity index (χ1v) is 11.1. The van der Waals surface area contributed by atoms with E-state index in [2.05, 4.69) is 31.4 Å². The number of nitrogens with zero attached hydrogens (tertiary/aromatic N) is 8. The molecule has 0 unspecified atom stereocenters. The SMILES string of the molecule is Cc1cc2nc(C3CC3)nn2cc1Nc1ncc2c(n1)n(C1(C#N)CCOCC1)c(=O)n2C. The summed E-state index contributed by atoms with van der Waals surface area (Å²) in [7, 11) is 1.67. The highest BCUT2D eigenvalue weighted by Gasteiger charge is 2.38. The molecule has 0 atom stereocenters. The molecule has 4 aromatic rings. The van der Waals surface area contributed by atoms with Crippen LogP contribution >= 0.6 is 0 Å². The normalized spacial score (nSPS) is 18.0. The zero-order valence-corrected chi connectivity index (χ0v) is 18.4.